The van der Waals surface area contributed by atoms with Gasteiger partial charge in [0.15, 0.2) is 17.5 Å². The van der Waals surface area contributed by atoms with Gasteiger partial charge in [-0.1, -0.05) is 0 Å². The molecule has 9 aromatic heterocycles. The number of nitrogens with zero attached hydrogens (tertiary/aromatic N) is 18. The molecule has 18 heteroatoms. The van der Waals surface area contributed by atoms with E-state index in [1.165, 1.54) is 38.0 Å². The molecule has 0 amide bonds. The molecule has 0 fully saturated rings. The summed E-state index contributed by atoms with van der Waals surface area (Å²) < 4.78 is 0. The first-order chi connectivity index (χ1) is 26.8. The Hall–Kier alpha value is -8.28. The quantitative estimate of drug-likeness (QED) is 0.220. The lowest BCUT2D eigenvalue weighted by atomic mass is 9.95. The summed E-state index contributed by atoms with van der Waals surface area (Å²) in [6.45, 7) is 0. The Morgan fingerprint density at radius 2 is 0.426 bits per heavy atom. The topological polar surface area (TPSA) is 232 Å². The van der Waals surface area contributed by atoms with Crippen molar-refractivity contribution in [2.45, 2.75) is 0 Å². The Morgan fingerprint density at radius 1 is 0.222 bits per heavy atom. The molecule has 0 bridgehead atoms. The normalized spacial score (nSPS) is 11.3. The maximum atomic E-state index is 5.22. The molecule has 1 aromatic carbocycles. The molecule has 0 saturated carbocycles. The van der Waals surface area contributed by atoms with Crippen molar-refractivity contribution < 1.29 is 0 Å². The van der Waals surface area contributed by atoms with Crippen molar-refractivity contribution >= 4 is 32.7 Å². The summed E-state index contributed by atoms with van der Waals surface area (Å²) >= 11 is 0. The van der Waals surface area contributed by atoms with Gasteiger partial charge in [-0.2, -0.15) is 0 Å². The van der Waals surface area contributed by atoms with Gasteiger partial charge in [-0.15, -0.1) is 0 Å². The van der Waals surface area contributed by atoms with E-state index in [1.54, 1.807) is 74.4 Å². The summed E-state index contributed by atoms with van der Waals surface area (Å²) in [7, 11) is 0. The fourth-order valence-electron chi connectivity index (χ4n) is 6.12. The summed E-state index contributed by atoms with van der Waals surface area (Å²) in [5.74, 6) is 1.00. The minimum atomic E-state index is 0.334. The molecule has 0 radical (unpaired) electrons. The van der Waals surface area contributed by atoms with Crippen molar-refractivity contribution in [3.63, 3.8) is 0 Å². The Morgan fingerprint density at radius 3 is 0.648 bits per heavy atom. The van der Waals surface area contributed by atoms with Crippen molar-refractivity contribution in [1.29, 1.82) is 0 Å². The van der Waals surface area contributed by atoms with Crippen LogP contribution in [0.3, 0.4) is 0 Å². The van der Waals surface area contributed by atoms with Crippen molar-refractivity contribution in [2.24, 2.45) is 0 Å². The van der Waals surface area contributed by atoms with E-state index in [4.69, 9.17) is 29.9 Å². The molecule has 0 unspecified atom stereocenters. The van der Waals surface area contributed by atoms with Crippen molar-refractivity contribution in [2.75, 3.05) is 0 Å². The number of fused-ring (bicyclic) bond motifs is 6. The van der Waals surface area contributed by atoms with Gasteiger partial charge in [-0.05, 0) is 0 Å². The third-order valence-electron chi connectivity index (χ3n) is 8.40. The molecule has 252 valence electrons. The van der Waals surface area contributed by atoms with Gasteiger partial charge in [0.2, 0.25) is 0 Å². The summed E-state index contributed by atoms with van der Waals surface area (Å²) in [6.07, 6.45) is 28.6. The summed E-state index contributed by atoms with van der Waals surface area (Å²) in [5.41, 5.74) is 6.32. The molecule has 0 N–H and O–H groups in total. The monoisotopic (exact) mass is 702 g/mol. The van der Waals surface area contributed by atoms with E-state index in [2.05, 4.69) is 59.8 Å². The van der Waals surface area contributed by atoms with Crippen LogP contribution in [0.25, 0.3) is 101 Å². The largest absolute Gasteiger partial charge is 0.244 e. The van der Waals surface area contributed by atoms with Crippen LogP contribution in [0, 0.1) is 0 Å². The van der Waals surface area contributed by atoms with Crippen LogP contribution in [0.1, 0.15) is 0 Å². The van der Waals surface area contributed by atoms with E-state index >= 15 is 0 Å². The zero-order valence-electron chi connectivity index (χ0n) is 27.4. The van der Waals surface area contributed by atoms with Gasteiger partial charge in [-0.25, -0.2) is 89.7 Å². The van der Waals surface area contributed by atoms with Crippen LogP contribution in [0.2, 0.25) is 0 Å². The molecule has 0 saturated heterocycles. The molecule has 0 aliphatic rings. The molecule has 10 rings (SSSR count). The number of hydrogen-bond acceptors (Lipinski definition) is 18. The first-order valence-corrected chi connectivity index (χ1v) is 16.1. The zero-order chi connectivity index (χ0) is 35.8. The zero-order valence-corrected chi connectivity index (χ0v) is 27.4. The summed E-state index contributed by atoms with van der Waals surface area (Å²) in [5, 5.41) is 1.64. The van der Waals surface area contributed by atoms with Gasteiger partial charge >= 0.3 is 0 Å². The van der Waals surface area contributed by atoms with Crippen molar-refractivity contribution in [3.05, 3.63) is 112 Å². The smallest absolute Gasteiger partial charge is 0.163 e. The van der Waals surface area contributed by atoms with Gasteiger partial charge in [0.05, 0.1) is 66.5 Å². The molecule has 0 spiro atoms. The van der Waals surface area contributed by atoms with Crippen molar-refractivity contribution in [3.8, 4) is 67.9 Å². The van der Waals surface area contributed by atoms with Crippen LogP contribution < -0.4 is 0 Å². The molecular weight excluding hydrogens is 685 g/mol. The lowest BCUT2D eigenvalue weighted by molar-refractivity contribution is 1.12. The molecular formula is C36H18N18. The molecule has 0 aliphatic heterocycles. The highest BCUT2D eigenvalue weighted by Gasteiger charge is 2.27. The highest BCUT2D eigenvalue weighted by Crippen LogP contribution is 2.44. The van der Waals surface area contributed by atoms with Gasteiger partial charge in [-0.3, -0.25) is 0 Å². The Balaban J connectivity index is 1.50. The van der Waals surface area contributed by atoms with E-state index in [9.17, 15) is 0 Å². The van der Waals surface area contributed by atoms with Gasteiger partial charge in [0.1, 0.15) is 38.0 Å². The van der Waals surface area contributed by atoms with Gasteiger partial charge in [0, 0.05) is 91.1 Å². The summed E-state index contributed by atoms with van der Waals surface area (Å²) in [4.78, 5) is 82.5. The molecule has 10 aromatic rings. The number of aromatic nitrogens is 18. The SMILES string of the molecule is c1ncc(-c2nc(-c3cncnc3)c3c(n2)c2c(-c4cncnc4)nc(-c4cncnc4)nc2c2c(-c4cncnc4)nc(-c4cncnc4)nc32)cn1. The number of benzene rings is 1. The first-order valence-electron chi connectivity index (χ1n) is 16.1. The third-order valence-corrected chi connectivity index (χ3v) is 8.40. The maximum Gasteiger partial charge on any atom is 0.163 e. The summed E-state index contributed by atoms with van der Waals surface area (Å²) in [6, 6.07) is 0. The minimum Gasteiger partial charge on any atom is -0.244 e. The van der Waals surface area contributed by atoms with E-state index in [-0.39, 0.29) is 0 Å². The van der Waals surface area contributed by atoms with Crippen LogP contribution in [-0.2, 0) is 0 Å². The van der Waals surface area contributed by atoms with E-state index in [0.717, 1.165) is 0 Å². The van der Waals surface area contributed by atoms with Crippen LogP contribution in [0.15, 0.2) is 112 Å². The van der Waals surface area contributed by atoms with Gasteiger partial charge < -0.3 is 0 Å². The Kier molecular flexibility index (Phi) is 7.24. The van der Waals surface area contributed by atoms with E-state index in [0.29, 0.717) is 101 Å². The van der Waals surface area contributed by atoms with E-state index < -0.39 is 0 Å². The maximum absolute atomic E-state index is 5.22. The fraction of sp³-hybridized carbons (Fsp3) is 0. The van der Waals surface area contributed by atoms with E-state index in [1.807, 2.05) is 0 Å². The predicted octanol–water partition coefficient (Wildman–Crippen LogP) is 4.26. The first kappa shape index (κ1) is 30.5. The second-order valence-corrected chi connectivity index (χ2v) is 11.6. The van der Waals surface area contributed by atoms with Crippen LogP contribution in [-0.4, -0.2) is 89.7 Å². The minimum absolute atomic E-state index is 0.334. The fourth-order valence-corrected chi connectivity index (χ4v) is 6.12. The lowest BCUT2D eigenvalue weighted by Gasteiger charge is -2.18. The second-order valence-electron chi connectivity index (χ2n) is 11.6. The highest BCUT2D eigenvalue weighted by atomic mass is 15.0. The van der Waals surface area contributed by atoms with Crippen LogP contribution in [0.4, 0.5) is 0 Å². The average Bonchev–Trinajstić information content (AvgIpc) is 3.27. The lowest BCUT2D eigenvalue weighted by Crippen LogP contribution is -2.05. The second kappa shape index (κ2) is 12.8. The number of rotatable bonds is 6. The molecule has 0 aliphatic carbocycles. The van der Waals surface area contributed by atoms with Gasteiger partial charge in [0.25, 0.3) is 0 Å². The number of hydrogen-bond donors (Lipinski definition) is 0. The standard InChI is InChI=1S/C36H18N18/c1-19(2-38-13-37-1)28-25-31(52-34(49-28)22-7-43-16-44-8-22)26-29(20-3-39-14-40-4-20)51-36(24-11-47-18-48-12-24)54-33(26)27-30(21-5-41-15-42-6-21)50-35(53-32(25)27)23-9-45-17-46-10-23/h1-18H. The predicted molar refractivity (Wildman–Crippen MR) is 192 cm³/mol. The van der Waals surface area contributed by atoms with Crippen LogP contribution in [0.5, 0.6) is 0 Å². The Bertz CT molecular complexity index is 2610. The molecule has 54 heavy (non-hydrogen) atoms. The Labute approximate surface area is 302 Å². The van der Waals surface area contributed by atoms with Crippen molar-refractivity contribution in [1.82, 2.24) is 89.7 Å². The molecule has 9 heterocycles. The third kappa shape index (κ3) is 5.21. The van der Waals surface area contributed by atoms with Crippen LogP contribution >= 0.6 is 0 Å². The average molecular weight is 703 g/mol. The molecule has 18 nitrogen and oxygen atoms in total. The highest BCUT2D eigenvalue weighted by molar-refractivity contribution is 6.29. The molecule has 0 atom stereocenters.